The molecular formula is C64H74I2MoN2O2. The zero-order valence-corrected chi connectivity index (χ0v) is 51.2. The molecule has 4 nitrogen and oxygen atoms in total. The molecule has 0 N–H and O–H groups in total. The van der Waals surface area contributed by atoms with E-state index in [9.17, 15) is 0 Å². The van der Waals surface area contributed by atoms with Crippen molar-refractivity contribution in [3.63, 3.8) is 0 Å². The molecule has 0 saturated carbocycles. The number of halogens is 2. The fourth-order valence-electron chi connectivity index (χ4n) is 9.58. The molecule has 6 aromatic rings. The third kappa shape index (κ3) is 15.5. The van der Waals surface area contributed by atoms with Crippen LogP contribution in [0.3, 0.4) is 0 Å². The van der Waals surface area contributed by atoms with Crippen LogP contribution in [0.25, 0.3) is 54.2 Å². The van der Waals surface area contributed by atoms with Gasteiger partial charge in [-0.25, -0.2) is 9.69 Å². The van der Waals surface area contributed by atoms with Crippen LogP contribution in [-0.4, -0.2) is 0 Å². The minimum absolute atomic E-state index is 0.389. The Morgan fingerprint density at radius 1 is 0.310 bits per heavy atom. The van der Waals surface area contributed by atoms with Gasteiger partial charge in [-0.1, -0.05) is 220 Å². The summed E-state index contributed by atoms with van der Waals surface area (Å²) in [5.74, 6) is 3.11. The first kappa shape index (κ1) is 63.0. The summed E-state index contributed by atoms with van der Waals surface area (Å²) in [6, 6.07) is 39.4. The summed E-state index contributed by atoms with van der Waals surface area (Å²) < 4.78 is 15.0. The average molecular weight is 1250 g/mol. The van der Waals surface area contributed by atoms with E-state index in [1.165, 1.54) is 66.8 Å². The summed E-state index contributed by atoms with van der Waals surface area (Å²) in [6.45, 7) is 61.4. The molecule has 372 valence electrons. The fourth-order valence-corrected chi connectivity index (χ4v) is 9.58. The Labute approximate surface area is 458 Å². The number of rotatable bonds is 12. The quantitative estimate of drug-likeness (QED) is 0.0507. The van der Waals surface area contributed by atoms with Crippen molar-refractivity contribution in [3.05, 3.63) is 190 Å². The van der Waals surface area contributed by atoms with E-state index in [1.54, 1.807) is 0 Å². The third-order valence-electron chi connectivity index (χ3n) is 12.9. The van der Waals surface area contributed by atoms with Crippen LogP contribution in [0.15, 0.2) is 109 Å². The third-order valence-corrected chi connectivity index (χ3v) is 12.9. The van der Waals surface area contributed by atoms with E-state index < -0.39 is 0 Å². The molecule has 0 saturated heterocycles. The summed E-state index contributed by atoms with van der Waals surface area (Å²) in [4.78, 5) is 8.35. The normalized spacial score (nSPS) is 10.8. The fraction of sp³-hybridized carbons (Fsp3) is 0.375. The molecule has 0 bridgehead atoms. The molecule has 0 aliphatic carbocycles. The Bertz CT molecular complexity index is 2340. The van der Waals surface area contributed by atoms with Gasteiger partial charge in [-0.15, -0.1) is 0 Å². The van der Waals surface area contributed by atoms with Crippen LogP contribution >= 0.6 is 38.7 Å². The zero-order valence-electron chi connectivity index (χ0n) is 44.9. The molecule has 0 aromatic heterocycles. The van der Waals surface area contributed by atoms with Gasteiger partial charge in [-0.3, -0.25) is 0 Å². The van der Waals surface area contributed by atoms with Gasteiger partial charge in [0.05, 0.1) is 13.1 Å². The average Bonchev–Trinajstić information content (AvgIpc) is 3.36. The van der Waals surface area contributed by atoms with Crippen molar-refractivity contribution in [1.82, 2.24) is 0 Å². The molecule has 0 atom stereocenters. The second-order valence-electron chi connectivity index (χ2n) is 20.2. The minimum atomic E-state index is 0.389. The van der Waals surface area contributed by atoms with E-state index in [2.05, 4.69) is 282 Å². The second kappa shape index (κ2) is 30.8. The summed E-state index contributed by atoms with van der Waals surface area (Å²) in [5.41, 5.74) is 21.4. The monoisotopic (exact) mass is 1250 g/mol. The van der Waals surface area contributed by atoms with E-state index in [0.29, 0.717) is 58.5 Å². The van der Waals surface area contributed by atoms with Crippen LogP contribution in [0.1, 0.15) is 203 Å². The summed E-state index contributed by atoms with van der Waals surface area (Å²) >= 11 is 5.22. The predicted molar refractivity (Wildman–Crippen MR) is 316 cm³/mol. The molecule has 71 heavy (non-hydrogen) atoms. The molecule has 0 spiro atoms. The van der Waals surface area contributed by atoms with Crippen molar-refractivity contribution in [2.75, 3.05) is 0 Å². The van der Waals surface area contributed by atoms with Crippen LogP contribution in [0.2, 0.25) is 0 Å². The first-order valence-corrected chi connectivity index (χ1v) is 36.6. The zero-order chi connectivity index (χ0) is 53.9. The van der Waals surface area contributed by atoms with Gasteiger partial charge in [0.2, 0.25) is 11.4 Å². The van der Waals surface area contributed by atoms with Crippen LogP contribution in [0.5, 0.6) is 0 Å². The van der Waals surface area contributed by atoms with E-state index in [1.807, 2.05) is 0 Å². The Morgan fingerprint density at radius 3 is 0.549 bits per heavy atom. The van der Waals surface area contributed by atoms with Gasteiger partial charge < -0.3 is 0 Å². The topological polar surface area (TPSA) is 48.5 Å². The molecule has 7 heteroatoms. The standard InChI is InChI=1S/2C31H37N.2CO.2HI.Mo/c2*1-19(2)23-13-10-14-24(20(3)4)29(23)27-17-12-18-28(31(27)32-9)30-25(21(5)6)15-11-16-26(30)22(7)8;2*1-2;;;/h2*10-22H,1-8H3;;;2*1H;/q;;;;;;+2/p-2. The first-order chi connectivity index (χ1) is 33.8. The van der Waals surface area contributed by atoms with Crippen molar-refractivity contribution in [2.45, 2.75) is 158 Å². The van der Waals surface area contributed by atoms with Crippen molar-refractivity contribution in [3.8, 4) is 44.5 Å². The number of nitrogens with zero attached hydrogens (tertiary/aromatic N) is 2. The Balaban J connectivity index is 0.000000432. The van der Waals surface area contributed by atoms with Gasteiger partial charge >= 0.3 is 72.5 Å². The predicted octanol–water partition coefficient (Wildman–Crippen LogP) is 21.8. The van der Waals surface area contributed by atoms with Crippen LogP contribution in [-0.2, 0) is 20.5 Å². The molecule has 0 aliphatic rings. The van der Waals surface area contributed by atoms with E-state index in [0.717, 1.165) is 33.6 Å². The maximum atomic E-state index is 8.26. The Morgan fingerprint density at radius 2 is 0.437 bits per heavy atom. The Kier molecular flexibility index (Phi) is 27.4. The molecule has 0 heterocycles. The van der Waals surface area contributed by atoms with Crippen molar-refractivity contribution in [1.29, 1.82) is 0 Å². The molecule has 6 aromatic carbocycles. The van der Waals surface area contributed by atoms with E-state index in [4.69, 9.17) is 22.4 Å². The van der Waals surface area contributed by atoms with Gasteiger partial charge in [0, 0.05) is 0 Å². The van der Waals surface area contributed by atoms with Crippen LogP contribution in [0.4, 0.5) is 11.4 Å². The number of benzene rings is 6. The van der Waals surface area contributed by atoms with Gasteiger partial charge in [-0.05, 0) is 136 Å². The number of hydrogen-bond donors (Lipinski definition) is 0. The molecule has 0 radical (unpaired) electrons. The van der Waals surface area contributed by atoms with E-state index >= 15 is 0 Å². The van der Waals surface area contributed by atoms with Crippen molar-refractivity contribution in [2.24, 2.45) is 0 Å². The van der Waals surface area contributed by atoms with Gasteiger partial charge in [0.15, 0.2) is 0 Å². The second-order valence-corrected chi connectivity index (χ2v) is 35.6. The van der Waals surface area contributed by atoms with E-state index in [-0.39, 0.29) is 0 Å². The first-order valence-electron chi connectivity index (χ1n) is 24.6. The Hall–Kier alpha value is -4.07. The van der Waals surface area contributed by atoms with Gasteiger partial charge in [-0.2, -0.15) is 0 Å². The molecule has 0 aliphatic heterocycles. The molecule has 6 rings (SSSR count). The summed E-state index contributed by atoms with van der Waals surface area (Å²) in [7, 11) is 0. The maximum absolute atomic E-state index is 8.26. The van der Waals surface area contributed by atoms with Crippen molar-refractivity contribution >= 4 is 50.1 Å². The molecule has 0 fully saturated rings. The number of hydrogen-bond acceptors (Lipinski definition) is 0. The number of para-hydroxylation sites is 2. The summed E-state index contributed by atoms with van der Waals surface area (Å²) in [6.07, 6.45) is 0. The van der Waals surface area contributed by atoms with Crippen molar-refractivity contribution < 1.29 is 20.5 Å². The molecular weight excluding hydrogens is 1180 g/mol. The molecule has 0 amide bonds. The summed E-state index contributed by atoms with van der Waals surface area (Å²) in [5, 5.41) is 0. The van der Waals surface area contributed by atoms with Gasteiger partial charge in [0.25, 0.3) is 0 Å². The SMILES string of the molecule is [C-]#[N+]c1c(-c2c(C(C)C)cccc2C(C)C)cccc1-c1c(C(C)C)cccc1C(C)C.[C-]#[N+]c1c(-c2c(C(C)C)cccc2C(C)C)cccc1-c1c(C(C)C)cccc1C(C)C.[C-]#[O+].[C-]#[O+].[I][Mo][I]. The van der Waals surface area contributed by atoms with Gasteiger partial charge in [0.1, 0.15) is 0 Å². The van der Waals surface area contributed by atoms with Crippen LogP contribution < -0.4 is 0 Å². The van der Waals surface area contributed by atoms with Crippen LogP contribution in [0, 0.1) is 26.4 Å². The molecule has 0 unspecified atom stereocenters.